The molecule has 6 heteroatoms. The molecule has 0 saturated carbocycles. The van der Waals surface area contributed by atoms with Gasteiger partial charge >= 0.3 is 0 Å². The second-order valence-electron chi connectivity index (χ2n) is 4.81. The Hall–Kier alpha value is -1.95. The number of nitro groups is 1. The van der Waals surface area contributed by atoms with E-state index in [1.807, 2.05) is 13.8 Å². The van der Waals surface area contributed by atoms with E-state index < -0.39 is 10.5 Å². The van der Waals surface area contributed by atoms with Crippen LogP contribution in [0.25, 0.3) is 0 Å². The van der Waals surface area contributed by atoms with Gasteiger partial charge in [0.15, 0.2) is 0 Å². The molecule has 0 aliphatic heterocycles. The lowest BCUT2D eigenvalue weighted by atomic mass is 9.97. The number of carbonyl (C=O) groups is 1. The summed E-state index contributed by atoms with van der Waals surface area (Å²) in [4.78, 5) is 21.9. The van der Waals surface area contributed by atoms with Crippen LogP contribution in [0.1, 0.15) is 32.3 Å². The highest BCUT2D eigenvalue weighted by Gasteiger charge is 2.22. The largest absolute Gasteiger partial charge is 0.388 e. The minimum atomic E-state index is -0.891. The van der Waals surface area contributed by atoms with Crippen LogP contribution in [0.2, 0.25) is 0 Å². The fraction of sp³-hybridized carbons (Fsp3) is 0.500. The minimum Gasteiger partial charge on any atom is -0.388 e. The molecule has 0 aromatic heterocycles. The van der Waals surface area contributed by atoms with Gasteiger partial charge in [0.25, 0.3) is 5.69 Å². The minimum absolute atomic E-state index is 0.0334. The molecule has 1 amide bonds. The summed E-state index contributed by atoms with van der Waals surface area (Å²) in [5.74, 6) is -0.258. The Morgan fingerprint density at radius 1 is 1.40 bits per heavy atom. The molecule has 0 fully saturated rings. The zero-order valence-electron chi connectivity index (χ0n) is 11.8. The third-order valence-corrected chi connectivity index (χ3v) is 3.42. The van der Waals surface area contributed by atoms with Crippen molar-refractivity contribution in [2.45, 2.75) is 38.7 Å². The van der Waals surface area contributed by atoms with Gasteiger partial charge in [-0.15, -0.1) is 0 Å². The maximum atomic E-state index is 11.8. The maximum Gasteiger partial charge on any atom is 0.269 e. The summed E-state index contributed by atoms with van der Waals surface area (Å²) in [5, 5.41) is 23.4. The molecule has 1 rings (SSSR count). The molecule has 0 aliphatic rings. The molecule has 20 heavy (non-hydrogen) atoms. The van der Waals surface area contributed by atoms with Crippen LogP contribution in [-0.4, -0.2) is 28.1 Å². The highest BCUT2D eigenvalue weighted by molar-refractivity contribution is 5.78. The van der Waals surface area contributed by atoms with Crippen LogP contribution in [-0.2, 0) is 11.2 Å². The second-order valence-corrected chi connectivity index (χ2v) is 4.81. The van der Waals surface area contributed by atoms with Crippen molar-refractivity contribution in [1.82, 2.24) is 5.32 Å². The Bertz CT molecular complexity index is 484. The van der Waals surface area contributed by atoms with Crippen LogP contribution < -0.4 is 5.32 Å². The Balaban J connectivity index is 2.59. The van der Waals surface area contributed by atoms with Crippen LogP contribution in [0.3, 0.4) is 0 Å². The van der Waals surface area contributed by atoms with Crippen LogP contribution >= 0.6 is 0 Å². The lowest BCUT2D eigenvalue weighted by Gasteiger charge is -2.25. The first-order valence-corrected chi connectivity index (χ1v) is 6.62. The van der Waals surface area contributed by atoms with Crippen LogP contribution in [0.5, 0.6) is 0 Å². The van der Waals surface area contributed by atoms with Crippen LogP contribution in [0, 0.1) is 10.1 Å². The van der Waals surface area contributed by atoms with Crippen molar-refractivity contribution >= 4 is 11.6 Å². The zero-order chi connectivity index (χ0) is 15.2. The number of aliphatic hydroxyl groups is 1. The Morgan fingerprint density at radius 2 is 2.05 bits per heavy atom. The highest BCUT2D eigenvalue weighted by Crippen LogP contribution is 2.15. The van der Waals surface area contributed by atoms with E-state index in [1.54, 1.807) is 12.1 Å². The van der Waals surface area contributed by atoms with Crippen LogP contribution in [0.15, 0.2) is 24.3 Å². The van der Waals surface area contributed by atoms with Gasteiger partial charge in [-0.3, -0.25) is 14.9 Å². The summed E-state index contributed by atoms with van der Waals surface area (Å²) in [6, 6.07) is 5.98. The predicted octanol–water partition coefficient (Wildman–Crippen LogP) is 1.80. The summed E-state index contributed by atoms with van der Waals surface area (Å²) in [7, 11) is 0. The molecule has 0 unspecified atom stereocenters. The number of amides is 1. The second kappa shape index (κ2) is 7.00. The molecule has 0 bridgehead atoms. The van der Waals surface area contributed by atoms with Crippen LogP contribution in [0.4, 0.5) is 5.69 Å². The van der Waals surface area contributed by atoms with Crippen molar-refractivity contribution in [3.63, 3.8) is 0 Å². The summed E-state index contributed by atoms with van der Waals surface area (Å²) < 4.78 is 0. The van der Waals surface area contributed by atoms with Crippen molar-refractivity contribution in [1.29, 1.82) is 0 Å². The molecule has 0 saturated heterocycles. The number of benzene rings is 1. The van der Waals surface area contributed by atoms with E-state index in [4.69, 9.17) is 0 Å². The van der Waals surface area contributed by atoms with Gasteiger partial charge in [0, 0.05) is 18.7 Å². The van der Waals surface area contributed by atoms with Crippen molar-refractivity contribution < 1.29 is 14.8 Å². The van der Waals surface area contributed by atoms with Crippen molar-refractivity contribution in [2.75, 3.05) is 6.54 Å². The number of non-ortho nitro benzene ring substituents is 1. The van der Waals surface area contributed by atoms with Crippen molar-refractivity contribution in [3.8, 4) is 0 Å². The molecule has 6 nitrogen and oxygen atoms in total. The van der Waals surface area contributed by atoms with E-state index in [1.165, 1.54) is 12.1 Å². The number of nitrogens with one attached hydrogen (secondary N) is 1. The van der Waals surface area contributed by atoms with E-state index in [2.05, 4.69) is 5.32 Å². The number of rotatable bonds is 7. The van der Waals surface area contributed by atoms with E-state index in [0.29, 0.717) is 18.4 Å². The SMILES string of the molecule is CCC(O)(CC)CNC(=O)Cc1cccc([N+](=O)[O-])c1. The number of nitro benzene ring substituents is 1. The first-order chi connectivity index (χ1) is 9.40. The smallest absolute Gasteiger partial charge is 0.269 e. The average molecular weight is 280 g/mol. The van der Waals surface area contributed by atoms with E-state index in [9.17, 15) is 20.0 Å². The summed E-state index contributed by atoms with van der Waals surface area (Å²) in [6.07, 6.45) is 1.17. The Kier molecular flexibility index (Phi) is 5.64. The fourth-order valence-electron chi connectivity index (χ4n) is 1.79. The van der Waals surface area contributed by atoms with E-state index in [0.717, 1.165) is 0 Å². The first kappa shape index (κ1) is 16.1. The monoisotopic (exact) mass is 280 g/mol. The molecule has 0 spiro atoms. The van der Waals surface area contributed by atoms with E-state index in [-0.39, 0.29) is 24.6 Å². The highest BCUT2D eigenvalue weighted by atomic mass is 16.6. The first-order valence-electron chi connectivity index (χ1n) is 6.62. The Labute approximate surface area is 118 Å². The molecular weight excluding hydrogens is 260 g/mol. The Morgan fingerprint density at radius 3 is 2.60 bits per heavy atom. The third-order valence-electron chi connectivity index (χ3n) is 3.42. The van der Waals surface area contributed by atoms with Gasteiger partial charge < -0.3 is 10.4 Å². The number of hydrogen-bond donors (Lipinski definition) is 2. The molecular formula is C14H20N2O4. The van der Waals surface area contributed by atoms with Gasteiger partial charge in [0.2, 0.25) is 5.91 Å². The predicted molar refractivity (Wildman–Crippen MR) is 75.3 cm³/mol. The molecule has 110 valence electrons. The maximum absolute atomic E-state index is 11.8. The number of nitrogens with zero attached hydrogens (tertiary/aromatic N) is 1. The summed E-state index contributed by atoms with van der Waals surface area (Å²) in [6.45, 7) is 3.90. The van der Waals surface area contributed by atoms with Crippen molar-refractivity contribution in [2.24, 2.45) is 0 Å². The van der Waals surface area contributed by atoms with Crippen molar-refractivity contribution in [3.05, 3.63) is 39.9 Å². The molecule has 1 aromatic carbocycles. The normalized spacial score (nSPS) is 11.2. The van der Waals surface area contributed by atoms with Gasteiger partial charge in [-0.1, -0.05) is 26.0 Å². The molecule has 0 radical (unpaired) electrons. The topological polar surface area (TPSA) is 92.5 Å². The van der Waals surface area contributed by atoms with Gasteiger partial charge in [0.1, 0.15) is 0 Å². The van der Waals surface area contributed by atoms with Gasteiger partial charge in [-0.2, -0.15) is 0 Å². The fourth-order valence-corrected chi connectivity index (χ4v) is 1.79. The molecule has 2 N–H and O–H groups in total. The van der Waals surface area contributed by atoms with Gasteiger partial charge in [-0.25, -0.2) is 0 Å². The third kappa shape index (κ3) is 4.62. The molecule has 0 aliphatic carbocycles. The number of hydrogen-bond acceptors (Lipinski definition) is 4. The van der Waals surface area contributed by atoms with Gasteiger partial charge in [-0.05, 0) is 18.4 Å². The lowest BCUT2D eigenvalue weighted by molar-refractivity contribution is -0.384. The molecule has 0 atom stereocenters. The summed E-state index contributed by atoms with van der Waals surface area (Å²) >= 11 is 0. The zero-order valence-corrected chi connectivity index (χ0v) is 11.8. The number of carbonyl (C=O) groups excluding carboxylic acids is 1. The molecule has 1 aromatic rings. The average Bonchev–Trinajstić information content (AvgIpc) is 2.45. The quantitative estimate of drug-likeness (QED) is 0.588. The van der Waals surface area contributed by atoms with Gasteiger partial charge in [0.05, 0.1) is 16.9 Å². The van der Waals surface area contributed by atoms with E-state index >= 15 is 0 Å². The standard InChI is InChI=1S/C14H20N2O4/c1-3-14(18,4-2)10-15-13(17)9-11-6-5-7-12(8-11)16(19)20/h5-8,18H,3-4,9-10H2,1-2H3,(H,15,17). The lowest BCUT2D eigenvalue weighted by Crippen LogP contribution is -2.42. The summed E-state index contributed by atoms with van der Waals surface area (Å²) in [5.41, 5.74) is -0.347. The molecule has 0 heterocycles.